The molecule has 1 aliphatic carbocycles. The number of carbonyl (C=O) groups is 1. The van der Waals surface area contributed by atoms with Gasteiger partial charge in [-0.1, -0.05) is 36.4 Å². The number of hydrogen-bond acceptors (Lipinski definition) is 2. The Labute approximate surface area is 136 Å². The first kappa shape index (κ1) is 15.6. The third-order valence-electron chi connectivity index (χ3n) is 4.84. The van der Waals surface area contributed by atoms with Crippen LogP contribution in [0.15, 0.2) is 48.5 Å². The number of carboxylic acids is 1. The summed E-state index contributed by atoms with van der Waals surface area (Å²) in [6, 6.07) is 16.5. The number of carboxylic acid groups (broad SMARTS) is 1. The van der Waals surface area contributed by atoms with Gasteiger partial charge in [0.25, 0.3) is 0 Å². The van der Waals surface area contributed by atoms with E-state index in [-0.39, 0.29) is 18.3 Å². The first-order valence-corrected chi connectivity index (χ1v) is 8.10. The molecule has 1 aliphatic rings. The lowest BCUT2D eigenvalue weighted by atomic mass is 9.71. The van der Waals surface area contributed by atoms with Gasteiger partial charge in [0.2, 0.25) is 0 Å². The third kappa shape index (κ3) is 3.55. The summed E-state index contributed by atoms with van der Waals surface area (Å²) in [5, 5.41) is 9.27. The molecule has 0 aromatic heterocycles. The van der Waals surface area contributed by atoms with Crippen LogP contribution in [0.2, 0.25) is 0 Å². The van der Waals surface area contributed by atoms with Crippen LogP contribution < -0.4 is 4.74 Å². The van der Waals surface area contributed by atoms with Gasteiger partial charge in [-0.05, 0) is 59.9 Å². The van der Waals surface area contributed by atoms with Crippen LogP contribution in [0.5, 0.6) is 5.75 Å². The van der Waals surface area contributed by atoms with Gasteiger partial charge in [0, 0.05) is 6.42 Å². The van der Waals surface area contributed by atoms with E-state index >= 15 is 0 Å². The smallest absolute Gasteiger partial charge is 0.303 e. The zero-order chi connectivity index (χ0) is 16.2. The zero-order valence-corrected chi connectivity index (χ0v) is 13.4. The highest BCUT2D eigenvalue weighted by molar-refractivity contribution is 5.67. The van der Waals surface area contributed by atoms with E-state index in [0.29, 0.717) is 0 Å². The summed E-state index contributed by atoms with van der Waals surface area (Å²) < 4.78 is 5.38. The van der Waals surface area contributed by atoms with Gasteiger partial charge in [-0.2, -0.15) is 0 Å². The van der Waals surface area contributed by atoms with E-state index in [4.69, 9.17) is 4.74 Å². The molecule has 0 saturated carbocycles. The Kier molecular flexibility index (Phi) is 4.65. The topological polar surface area (TPSA) is 46.5 Å². The van der Waals surface area contributed by atoms with Crippen molar-refractivity contribution in [1.82, 2.24) is 0 Å². The first-order valence-electron chi connectivity index (χ1n) is 8.10. The maximum Gasteiger partial charge on any atom is 0.303 e. The van der Waals surface area contributed by atoms with Crippen LogP contribution in [0.4, 0.5) is 0 Å². The number of rotatable bonds is 5. The van der Waals surface area contributed by atoms with Crippen LogP contribution in [0, 0.1) is 5.92 Å². The zero-order valence-electron chi connectivity index (χ0n) is 13.4. The maximum absolute atomic E-state index is 11.3. The van der Waals surface area contributed by atoms with Crippen molar-refractivity contribution in [3.05, 3.63) is 65.2 Å². The van der Waals surface area contributed by atoms with Crippen molar-refractivity contribution in [2.45, 2.75) is 31.6 Å². The molecule has 23 heavy (non-hydrogen) atoms. The molecule has 0 amide bonds. The Morgan fingerprint density at radius 1 is 1.22 bits per heavy atom. The number of fused-ring (bicyclic) bond motifs is 1. The molecule has 0 heterocycles. The highest BCUT2D eigenvalue weighted by Crippen LogP contribution is 2.41. The molecule has 0 aliphatic heterocycles. The first-order chi connectivity index (χ1) is 11.2. The van der Waals surface area contributed by atoms with Gasteiger partial charge in [0.05, 0.1) is 7.11 Å². The molecule has 3 heteroatoms. The summed E-state index contributed by atoms with van der Waals surface area (Å²) in [5.74, 6) is 0.539. The van der Waals surface area contributed by atoms with E-state index in [1.54, 1.807) is 7.11 Å². The molecule has 0 saturated heterocycles. The minimum absolute atomic E-state index is 0.173. The minimum atomic E-state index is -0.709. The van der Waals surface area contributed by atoms with Crippen molar-refractivity contribution in [1.29, 1.82) is 0 Å². The van der Waals surface area contributed by atoms with Crippen molar-refractivity contribution in [3.8, 4) is 5.75 Å². The Morgan fingerprint density at radius 3 is 2.70 bits per heavy atom. The molecule has 2 aromatic carbocycles. The fourth-order valence-corrected chi connectivity index (χ4v) is 3.68. The number of aliphatic carboxylic acids is 1. The molecule has 1 N–H and O–H groups in total. The number of hydrogen-bond donors (Lipinski definition) is 1. The maximum atomic E-state index is 11.3. The Morgan fingerprint density at radius 2 is 2.00 bits per heavy atom. The number of ether oxygens (including phenoxy) is 1. The highest BCUT2D eigenvalue weighted by atomic mass is 16.5. The lowest BCUT2D eigenvalue weighted by Crippen LogP contribution is -2.25. The summed E-state index contributed by atoms with van der Waals surface area (Å²) in [6.45, 7) is 0. The second-order valence-electron chi connectivity index (χ2n) is 6.26. The average molecular weight is 310 g/mol. The number of methoxy groups -OCH3 is 1. The van der Waals surface area contributed by atoms with Crippen molar-refractivity contribution >= 4 is 5.97 Å². The van der Waals surface area contributed by atoms with Gasteiger partial charge in [0.15, 0.2) is 0 Å². The quantitative estimate of drug-likeness (QED) is 0.906. The lowest BCUT2D eigenvalue weighted by Gasteiger charge is -2.33. The predicted molar refractivity (Wildman–Crippen MR) is 89.9 cm³/mol. The Balaban J connectivity index is 1.96. The summed E-state index contributed by atoms with van der Waals surface area (Å²) in [7, 11) is 1.67. The van der Waals surface area contributed by atoms with Gasteiger partial charge in [-0.25, -0.2) is 0 Å². The molecule has 120 valence electrons. The fraction of sp³-hybridized carbons (Fsp3) is 0.350. The second kappa shape index (κ2) is 6.86. The van der Waals surface area contributed by atoms with Crippen LogP contribution in [0.1, 0.15) is 35.4 Å². The average Bonchev–Trinajstić information content (AvgIpc) is 2.57. The molecular weight excluding hydrogens is 288 g/mol. The van der Waals surface area contributed by atoms with E-state index < -0.39 is 5.97 Å². The summed E-state index contributed by atoms with van der Waals surface area (Å²) in [5.41, 5.74) is 3.84. The standard InChI is InChI=1S/C20H22O3/c1-23-17-10-9-15-7-8-16(12-20(21)22)18(19(15)13-17)11-14-5-3-2-4-6-14/h2-6,9-10,13,16,18H,7-8,11-12H2,1H3,(H,21,22). The van der Waals surface area contributed by atoms with E-state index in [1.165, 1.54) is 16.7 Å². The molecule has 0 radical (unpaired) electrons. The number of benzene rings is 2. The summed E-state index contributed by atoms with van der Waals surface area (Å²) >= 11 is 0. The van der Waals surface area contributed by atoms with E-state index in [0.717, 1.165) is 25.0 Å². The predicted octanol–water partition coefficient (Wildman–Crippen LogP) is 4.06. The van der Waals surface area contributed by atoms with Crippen molar-refractivity contribution in [3.63, 3.8) is 0 Å². The van der Waals surface area contributed by atoms with Crippen LogP contribution >= 0.6 is 0 Å². The molecule has 2 unspecified atom stereocenters. The lowest BCUT2D eigenvalue weighted by molar-refractivity contribution is -0.138. The van der Waals surface area contributed by atoms with E-state index in [1.807, 2.05) is 24.3 Å². The van der Waals surface area contributed by atoms with Crippen molar-refractivity contribution in [2.75, 3.05) is 7.11 Å². The van der Waals surface area contributed by atoms with Gasteiger partial charge < -0.3 is 9.84 Å². The normalized spacial score (nSPS) is 19.9. The molecule has 0 spiro atoms. The van der Waals surface area contributed by atoms with Crippen LogP contribution in [0.25, 0.3) is 0 Å². The fourth-order valence-electron chi connectivity index (χ4n) is 3.68. The largest absolute Gasteiger partial charge is 0.497 e. The van der Waals surface area contributed by atoms with Crippen molar-refractivity contribution < 1.29 is 14.6 Å². The Bertz CT molecular complexity index is 679. The Hall–Kier alpha value is -2.29. The van der Waals surface area contributed by atoms with Gasteiger partial charge in [-0.3, -0.25) is 4.79 Å². The van der Waals surface area contributed by atoms with Gasteiger partial charge >= 0.3 is 5.97 Å². The molecule has 2 atom stereocenters. The SMILES string of the molecule is COc1ccc2c(c1)C(Cc1ccccc1)C(CC(=O)O)CC2. The minimum Gasteiger partial charge on any atom is -0.497 e. The molecule has 3 nitrogen and oxygen atoms in total. The molecular formula is C20H22O3. The van der Waals surface area contributed by atoms with Crippen LogP contribution in [-0.4, -0.2) is 18.2 Å². The van der Waals surface area contributed by atoms with E-state index in [2.05, 4.69) is 24.3 Å². The number of aryl methyl sites for hydroxylation is 1. The van der Waals surface area contributed by atoms with Crippen LogP contribution in [0.3, 0.4) is 0 Å². The molecule has 0 bridgehead atoms. The van der Waals surface area contributed by atoms with E-state index in [9.17, 15) is 9.90 Å². The molecule has 0 fully saturated rings. The molecule has 3 rings (SSSR count). The van der Waals surface area contributed by atoms with Crippen molar-refractivity contribution in [2.24, 2.45) is 5.92 Å². The van der Waals surface area contributed by atoms with Gasteiger partial charge in [0.1, 0.15) is 5.75 Å². The molecule has 2 aromatic rings. The monoisotopic (exact) mass is 310 g/mol. The summed E-state index contributed by atoms with van der Waals surface area (Å²) in [4.78, 5) is 11.3. The van der Waals surface area contributed by atoms with Crippen LogP contribution in [-0.2, 0) is 17.6 Å². The third-order valence-corrected chi connectivity index (χ3v) is 4.84. The highest BCUT2D eigenvalue weighted by Gasteiger charge is 2.31. The summed E-state index contributed by atoms with van der Waals surface area (Å²) in [6.07, 6.45) is 2.98. The second-order valence-corrected chi connectivity index (χ2v) is 6.26. The van der Waals surface area contributed by atoms with Gasteiger partial charge in [-0.15, -0.1) is 0 Å².